The minimum absolute atomic E-state index is 0.355. The van der Waals surface area contributed by atoms with Crippen molar-refractivity contribution in [1.29, 1.82) is 0 Å². The van der Waals surface area contributed by atoms with E-state index in [1.165, 1.54) is 82.1 Å². The van der Waals surface area contributed by atoms with Gasteiger partial charge in [-0.05, 0) is 82.1 Å². The second kappa shape index (κ2) is 7.95. The standard InChI is InChI=1S/C19H29NO/c1(4-13-20-14-5-6-15-20)7-16-21-19-12-8-10-17-9-2-3-11-18(17)19/h2-3,9,11,19H,1,4-8,10,12-16H2. The van der Waals surface area contributed by atoms with Crippen molar-refractivity contribution in [2.45, 2.75) is 57.5 Å². The van der Waals surface area contributed by atoms with E-state index in [4.69, 9.17) is 4.74 Å². The van der Waals surface area contributed by atoms with Crippen LogP contribution >= 0.6 is 0 Å². The van der Waals surface area contributed by atoms with Gasteiger partial charge < -0.3 is 9.64 Å². The molecule has 2 aliphatic rings. The van der Waals surface area contributed by atoms with E-state index in [1.54, 1.807) is 0 Å². The summed E-state index contributed by atoms with van der Waals surface area (Å²) in [6.45, 7) is 4.88. The Bertz CT molecular complexity index is 425. The van der Waals surface area contributed by atoms with E-state index < -0.39 is 0 Å². The van der Waals surface area contributed by atoms with Crippen LogP contribution in [0.25, 0.3) is 0 Å². The Morgan fingerprint density at radius 1 is 1.00 bits per heavy atom. The molecule has 1 aromatic carbocycles. The van der Waals surface area contributed by atoms with Crippen LogP contribution in [-0.2, 0) is 11.2 Å². The fourth-order valence-electron chi connectivity index (χ4n) is 3.73. The minimum Gasteiger partial charge on any atom is -0.374 e. The van der Waals surface area contributed by atoms with Gasteiger partial charge in [-0.2, -0.15) is 0 Å². The molecule has 1 aliphatic carbocycles. The molecule has 1 aliphatic heterocycles. The summed E-state index contributed by atoms with van der Waals surface area (Å²) in [5.41, 5.74) is 2.95. The van der Waals surface area contributed by atoms with Gasteiger partial charge in [-0.15, -0.1) is 0 Å². The Morgan fingerprint density at radius 3 is 2.76 bits per heavy atom. The first kappa shape index (κ1) is 15.1. The molecule has 2 heteroatoms. The number of hydrogen-bond donors (Lipinski definition) is 0. The zero-order valence-corrected chi connectivity index (χ0v) is 13.2. The van der Waals surface area contributed by atoms with E-state index in [0.717, 1.165) is 6.61 Å². The summed E-state index contributed by atoms with van der Waals surface area (Å²) in [6, 6.07) is 8.82. The molecule has 1 heterocycles. The van der Waals surface area contributed by atoms with E-state index in [0.29, 0.717) is 6.10 Å². The van der Waals surface area contributed by atoms with E-state index in [2.05, 4.69) is 29.2 Å². The lowest BCUT2D eigenvalue weighted by molar-refractivity contribution is 0.0380. The van der Waals surface area contributed by atoms with Crippen LogP contribution in [0.4, 0.5) is 0 Å². The predicted octanol–water partition coefficient (Wildman–Crippen LogP) is 4.35. The molecule has 0 saturated carbocycles. The summed E-state index contributed by atoms with van der Waals surface area (Å²) in [5, 5.41) is 0. The van der Waals surface area contributed by atoms with Crippen molar-refractivity contribution < 1.29 is 4.74 Å². The summed E-state index contributed by atoms with van der Waals surface area (Å²) < 4.78 is 6.17. The van der Waals surface area contributed by atoms with Crippen molar-refractivity contribution in [3.8, 4) is 0 Å². The third kappa shape index (κ3) is 4.31. The molecule has 1 aromatic rings. The fourth-order valence-corrected chi connectivity index (χ4v) is 3.73. The van der Waals surface area contributed by atoms with Gasteiger partial charge in [0.15, 0.2) is 0 Å². The van der Waals surface area contributed by atoms with Crippen LogP contribution in [0.1, 0.15) is 62.2 Å². The second-order valence-electron chi connectivity index (χ2n) is 6.56. The van der Waals surface area contributed by atoms with Crippen molar-refractivity contribution in [3.63, 3.8) is 0 Å². The molecule has 2 nitrogen and oxygen atoms in total. The van der Waals surface area contributed by atoms with Crippen molar-refractivity contribution in [1.82, 2.24) is 4.90 Å². The molecule has 1 fully saturated rings. The van der Waals surface area contributed by atoms with Crippen LogP contribution in [-0.4, -0.2) is 31.1 Å². The van der Waals surface area contributed by atoms with Gasteiger partial charge in [-0.1, -0.05) is 24.3 Å². The highest BCUT2D eigenvalue weighted by atomic mass is 16.5. The zero-order valence-electron chi connectivity index (χ0n) is 13.2. The average Bonchev–Trinajstić information content (AvgIpc) is 3.04. The van der Waals surface area contributed by atoms with Crippen LogP contribution in [0.2, 0.25) is 0 Å². The van der Waals surface area contributed by atoms with Gasteiger partial charge >= 0.3 is 0 Å². The first-order chi connectivity index (χ1) is 10.4. The van der Waals surface area contributed by atoms with Crippen LogP contribution in [0.3, 0.4) is 0 Å². The van der Waals surface area contributed by atoms with Crippen LogP contribution in [0.15, 0.2) is 24.3 Å². The maximum atomic E-state index is 6.17. The van der Waals surface area contributed by atoms with Crippen molar-refractivity contribution in [2.75, 3.05) is 26.2 Å². The normalized spacial score (nSPS) is 22.4. The Morgan fingerprint density at radius 2 is 1.86 bits per heavy atom. The molecule has 3 rings (SSSR count). The Hall–Kier alpha value is -0.860. The molecule has 0 spiro atoms. The summed E-state index contributed by atoms with van der Waals surface area (Å²) >= 11 is 0. The number of aryl methyl sites for hydroxylation is 1. The largest absolute Gasteiger partial charge is 0.374 e. The molecule has 116 valence electrons. The highest BCUT2D eigenvalue weighted by Crippen LogP contribution is 2.32. The molecule has 0 aromatic heterocycles. The number of rotatable bonds is 7. The smallest absolute Gasteiger partial charge is 0.0827 e. The predicted molar refractivity (Wildman–Crippen MR) is 87.6 cm³/mol. The lowest BCUT2D eigenvalue weighted by Gasteiger charge is -2.25. The van der Waals surface area contributed by atoms with Gasteiger partial charge in [-0.25, -0.2) is 0 Å². The van der Waals surface area contributed by atoms with Crippen LogP contribution in [0.5, 0.6) is 0 Å². The zero-order chi connectivity index (χ0) is 14.3. The number of fused-ring (bicyclic) bond motifs is 1. The summed E-state index contributed by atoms with van der Waals surface area (Å²) in [5.74, 6) is 0. The maximum Gasteiger partial charge on any atom is 0.0827 e. The molecule has 0 N–H and O–H groups in total. The first-order valence-corrected chi connectivity index (χ1v) is 8.85. The molecule has 0 radical (unpaired) electrons. The van der Waals surface area contributed by atoms with Gasteiger partial charge in [0.05, 0.1) is 6.10 Å². The third-order valence-electron chi connectivity index (χ3n) is 4.95. The van der Waals surface area contributed by atoms with Gasteiger partial charge in [0, 0.05) is 6.61 Å². The van der Waals surface area contributed by atoms with Crippen LogP contribution in [0, 0.1) is 0 Å². The molecular formula is C19H29NO. The number of ether oxygens (including phenoxy) is 1. The molecular weight excluding hydrogens is 258 g/mol. The highest BCUT2D eigenvalue weighted by molar-refractivity contribution is 5.31. The number of hydrogen-bond acceptors (Lipinski definition) is 2. The fraction of sp³-hybridized carbons (Fsp3) is 0.684. The number of benzene rings is 1. The topological polar surface area (TPSA) is 12.5 Å². The average molecular weight is 287 g/mol. The monoisotopic (exact) mass is 287 g/mol. The highest BCUT2D eigenvalue weighted by Gasteiger charge is 2.19. The number of unbranched alkanes of at least 4 members (excludes halogenated alkanes) is 2. The van der Waals surface area contributed by atoms with Gasteiger partial charge in [0.1, 0.15) is 0 Å². The van der Waals surface area contributed by atoms with E-state index in [1.807, 2.05) is 0 Å². The summed E-state index contributed by atoms with van der Waals surface area (Å²) in [6.07, 6.45) is 10.7. The van der Waals surface area contributed by atoms with Gasteiger partial charge in [-0.3, -0.25) is 0 Å². The van der Waals surface area contributed by atoms with Crippen LogP contribution < -0.4 is 0 Å². The third-order valence-corrected chi connectivity index (χ3v) is 4.95. The molecule has 1 unspecified atom stereocenters. The molecule has 21 heavy (non-hydrogen) atoms. The Labute approximate surface area is 129 Å². The molecule has 1 atom stereocenters. The molecule has 0 amide bonds. The quantitative estimate of drug-likeness (QED) is 0.691. The first-order valence-electron chi connectivity index (χ1n) is 8.85. The lowest BCUT2D eigenvalue weighted by Crippen LogP contribution is -2.20. The summed E-state index contributed by atoms with van der Waals surface area (Å²) in [4.78, 5) is 2.61. The van der Waals surface area contributed by atoms with E-state index in [-0.39, 0.29) is 0 Å². The lowest BCUT2D eigenvalue weighted by atomic mass is 9.89. The Kier molecular flexibility index (Phi) is 5.70. The van der Waals surface area contributed by atoms with Gasteiger partial charge in [0.25, 0.3) is 0 Å². The minimum atomic E-state index is 0.355. The molecule has 1 saturated heterocycles. The van der Waals surface area contributed by atoms with Crippen molar-refractivity contribution in [2.24, 2.45) is 0 Å². The molecule has 0 bridgehead atoms. The van der Waals surface area contributed by atoms with Gasteiger partial charge in [0.2, 0.25) is 0 Å². The van der Waals surface area contributed by atoms with E-state index in [9.17, 15) is 0 Å². The maximum absolute atomic E-state index is 6.17. The van der Waals surface area contributed by atoms with Crippen molar-refractivity contribution in [3.05, 3.63) is 35.4 Å². The summed E-state index contributed by atoms with van der Waals surface area (Å²) in [7, 11) is 0. The van der Waals surface area contributed by atoms with E-state index >= 15 is 0 Å². The van der Waals surface area contributed by atoms with Crippen molar-refractivity contribution >= 4 is 0 Å². The SMILES string of the molecule is c1ccc2c(c1)CCCC2OCCCCCN1CCCC1. The number of nitrogens with zero attached hydrogens (tertiary/aromatic N) is 1. The number of likely N-dealkylation sites (tertiary alicyclic amines) is 1. The second-order valence-corrected chi connectivity index (χ2v) is 6.56. The Balaban J connectivity index is 1.32.